The molecule has 1 N–H and O–H groups in total. The van der Waals surface area contributed by atoms with Crippen molar-refractivity contribution in [1.29, 1.82) is 0 Å². The van der Waals surface area contributed by atoms with Crippen molar-refractivity contribution in [3.8, 4) is 5.75 Å². The normalized spacial score (nSPS) is 18.4. The van der Waals surface area contributed by atoms with Crippen LogP contribution < -0.4 is 10.3 Å². The molecule has 3 heterocycles. The number of nitrogens with one attached hydrogen (secondary N) is 1. The maximum Gasteiger partial charge on any atom is 0.258 e. The number of likely N-dealkylation sites (tertiary alicyclic amines) is 1. The van der Waals surface area contributed by atoms with Gasteiger partial charge < -0.3 is 19.5 Å². The number of para-hydroxylation sites is 2. The molecule has 1 spiro atoms. The number of benzene rings is 2. The lowest BCUT2D eigenvalue weighted by Gasteiger charge is -2.42. The van der Waals surface area contributed by atoms with Crippen molar-refractivity contribution < 1.29 is 14.3 Å². The Morgan fingerprint density at radius 3 is 2.60 bits per heavy atom. The maximum atomic E-state index is 13.7. The van der Waals surface area contributed by atoms with Crippen LogP contribution in [0.4, 0.5) is 0 Å². The van der Waals surface area contributed by atoms with Gasteiger partial charge in [-0.25, -0.2) is 4.98 Å². The first kappa shape index (κ1) is 27.9. The largest absolute Gasteiger partial charge is 0.491 e. The van der Waals surface area contributed by atoms with Gasteiger partial charge in [0.1, 0.15) is 18.2 Å². The summed E-state index contributed by atoms with van der Waals surface area (Å²) < 4.78 is 6.07. The number of carbonyl (C=O) groups is 2. The van der Waals surface area contributed by atoms with Gasteiger partial charge in [0, 0.05) is 33.0 Å². The number of hydrogen-bond acceptors (Lipinski definition) is 5. The van der Waals surface area contributed by atoms with Crippen LogP contribution in [0.1, 0.15) is 62.8 Å². The van der Waals surface area contributed by atoms with E-state index in [0.29, 0.717) is 75.1 Å². The van der Waals surface area contributed by atoms with Crippen LogP contribution in [0, 0.1) is 5.41 Å². The third-order valence-corrected chi connectivity index (χ3v) is 8.60. The predicted molar refractivity (Wildman–Crippen MR) is 155 cm³/mol. The summed E-state index contributed by atoms with van der Waals surface area (Å²) in [6.07, 6.45) is 7.95. The second-order valence-corrected chi connectivity index (χ2v) is 11.3. The number of carbonyl (C=O) groups excluding carboxylic acids is 2. The fourth-order valence-corrected chi connectivity index (χ4v) is 6.18. The molecule has 8 nitrogen and oxygen atoms in total. The molecule has 1 fully saturated rings. The van der Waals surface area contributed by atoms with Crippen molar-refractivity contribution in [3.05, 3.63) is 70.3 Å². The summed E-state index contributed by atoms with van der Waals surface area (Å²) in [6.45, 7) is 2.22. The minimum Gasteiger partial charge on any atom is -0.491 e. The smallest absolute Gasteiger partial charge is 0.258 e. The van der Waals surface area contributed by atoms with Crippen molar-refractivity contribution >= 4 is 22.7 Å². The Kier molecular flexibility index (Phi) is 8.82. The van der Waals surface area contributed by atoms with E-state index in [1.54, 1.807) is 6.07 Å². The number of H-pyrrole nitrogens is 1. The molecule has 0 aliphatic carbocycles. The molecule has 0 unspecified atom stereocenters. The number of aromatic amines is 1. The lowest BCUT2D eigenvalue weighted by molar-refractivity contribution is -0.148. The summed E-state index contributed by atoms with van der Waals surface area (Å²) in [5.41, 5.74) is 1.35. The minimum absolute atomic E-state index is 0.106. The first-order chi connectivity index (χ1) is 19.4. The van der Waals surface area contributed by atoms with Gasteiger partial charge in [0.25, 0.3) is 5.56 Å². The van der Waals surface area contributed by atoms with Crippen LogP contribution in [0.3, 0.4) is 0 Å². The zero-order chi connectivity index (χ0) is 28.0. The van der Waals surface area contributed by atoms with Crippen LogP contribution in [0.2, 0.25) is 0 Å². The lowest BCUT2D eigenvalue weighted by Crippen LogP contribution is -2.51. The molecule has 3 aromatic rings. The molecular weight excluding hydrogens is 504 g/mol. The standard InChI is InChI=1S/C32H40N4O4/c1-35-22-23-40-27-14-7-4-11-24(27)10-3-2-8-17-32(31(35)39)18-20-36(21-19-32)29(37)16-9-15-28-33-26-13-6-5-12-25(26)30(38)34-28/h4-7,11-14H,2-3,8-10,15-23H2,1H3,(H,33,34,38). The third kappa shape index (κ3) is 6.37. The molecule has 40 heavy (non-hydrogen) atoms. The average molecular weight is 545 g/mol. The topological polar surface area (TPSA) is 95.6 Å². The SMILES string of the molecule is CN1CCOc2ccccc2CCCCCC2(CCN(C(=O)CCCc3nc4ccccc4c(=O)[nH]3)CC2)C1=O. The molecule has 2 amide bonds. The number of aryl methyl sites for hydroxylation is 2. The lowest BCUT2D eigenvalue weighted by atomic mass is 9.73. The number of ether oxygens (including phenoxy) is 1. The Balaban J connectivity index is 1.16. The number of rotatable bonds is 4. The van der Waals surface area contributed by atoms with E-state index in [2.05, 4.69) is 22.1 Å². The van der Waals surface area contributed by atoms with Gasteiger partial charge in [0.05, 0.1) is 22.9 Å². The first-order valence-electron chi connectivity index (χ1n) is 14.7. The fourth-order valence-electron chi connectivity index (χ4n) is 6.18. The maximum absolute atomic E-state index is 13.7. The summed E-state index contributed by atoms with van der Waals surface area (Å²) in [7, 11) is 1.88. The minimum atomic E-state index is -0.416. The van der Waals surface area contributed by atoms with Crippen LogP contribution in [0.5, 0.6) is 5.75 Å². The van der Waals surface area contributed by atoms with E-state index in [9.17, 15) is 14.4 Å². The number of likely N-dealkylation sites (N-methyl/N-ethyl adjacent to an activating group) is 1. The molecule has 0 radical (unpaired) electrons. The van der Waals surface area contributed by atoms with Crippen LogP contribution in [0.15, 0.2) is 53.3 Å². The molecule has 0 saturated carbocycles. The van der Waals surface area contributed by atoms with Gasteiger partial charge in [-0.15, -0.1) is 0 Å². The van der Waals surface area contributed by atoms with Gasteiger partial charge >= 0.3 is 0 Å². The summed E-state index contributed by atoms with van der Waals surface area (Å²) in [4.78, 5) is 50.2. The van der Waals surface area contributed by atoms with Gasteiger partial charge in [-0.05, 0) is 62.3 Å². The van der Waals surface area contributed by atoms with Crippen LogP contribution >= 0.6 is 0 Å². The first-order valence-corrected chi connectivity index (χ1v) is 14.7. The van der Waals surface area contributed by atoms with E-state index < -0.39 is 5.41 Å². The van der Waals surface area contributed by atoms with Crippen molar-refractivity contribution in [2.45, 2.75) is 64.2 Å². The van der Waals surface area contributed by atoms with E-state index in [1.165, 1.54) is 5.56 Å². The van der Waals surface area contributed by atoms with Crippen LogP contribution in [-0.2, 0) is 22.4 Å². The van der Waals surface area contributed by atoms with Crippen LogP contribution in [-0.4, -0.2) is 64.9 Å². The van der Waals surface area contributed by atoms with E-state index in [1.807, 2.05) is 47.2 Å². The summed E-state index contributed by atoms with van der Waals surface area (Å²) in [6, 6.07) is 15.5. The summed E-state index contributed by atoms with van der Waals surface area (Å²) in [5.74, 6) is 1.82. The monoisotopic (exact) mass is 544 g/mol. The second-order valence-electron chi connectivity index (χ2n) is 11.3. The summed E-state index contributed by atoms with van der Waals surface area (Å²) in [5, 5.41) is 0.574. The van der Waals surface area contributed by atoms with Crippen molar-refractivity contribution in [3.63, 3.8) is 0 Å². The molecule has 2 aliphatic heterocycles. The Morgan fingerprint density at radius 1 is 0.975 bits per heavy atom. The number of nitrogens with zero attached hydrogens (tertiary/aromatic N) is 3. The number of amides is 2. The highest BCUT2D eigenvalue weighted by atomic mass is 16.5. The Hall–Kier alpha value is -3.68. The number of aromatic nitrogens is 2. The van der Waals surface area contributed by atoms with Gasteiger partial charge in [-0.2, -0.15) is 0 Å². The summed E-state index contributed by atoms with van der Waals surface area (Å²) >= 11 is 0. The molecule has 2 aromatic carbocycles. The molecule has 0 bridgehead atoms. The van der Waals surface area contributed by atoms with Gasteiger partial charge in [-0.1, -0.05) is 43.2 Å². The second kappa shape index (κ2) is 12.7. The third-order valence-electron chi connectivity index (χ3n) is 8.60. The quantitative estimate of drug-likeness (QED) is 0.522. The van der Waals surface area contributed by atoms with E-state index in [4.69, 9.17) is 4.74 Å². The molecule has 1 aromatic heterocycles. The highest BCUT2D eigenvalue weighted by Gasteiger charge is 2.43. The highest BCUT2D eigenvalue weighted by molar-refractivity contribution is 5.83. The zero-order valence-corrected chi connectivity index (χ0v) is 23.5. The molecule has 2 aliphatic rings. The Morgan fingerprint density at radius 2 is 1.75 bits per heavy atom. The molecule has 0 atom stereocenters. The molecule has 8 heteroatoms. The van der Waals surface area contributed by atoms with Crippen molar-refractivity contribution in [2.24, 2.45) is 5.41 Å². The van der Waals surface area contributed by atoms with Gasteiger partial charge in [0.2, 0.25) is 11.8 Å². The molecular formula is C32H40N4O4. The average Bonchev–Trinajstić information content (AvgIpc) is 2.98. The van der Waals surface area contributed by atoms with E-state index in [0.717, 1.165) is 37.9 Å². The molecule has 5 rings (SSSR count). The van der Waals surface area contributed by atoms with Crippen molar-refractivity contribution in [2.75, 3.05) is 33.3 Å². The Bertz CT molecular complexity index is 1390. The number of fused-ring (bicyclic) bond motifs is 2. The molecule has 1 saturated heterocycles. The Labute approximate surface area is 235 Å². The highest BCUT2D eigenvalue weighted by Crippen LogP contribution is 2.39. The van der Waals surface area contributed by atoms with Crippen LogP contribution in [0.25, 0.3) is 10.9 Å². The zero-order valence-electron chi connectivity index (χ0n) is 23.5. The number of piperidine rings is 1. The number of hydrogen-bond donors (Lipinski definition) is 1. The van der Waals surface area contributed by atoms with Gasteiger partial charge in [-0.3, -0.25) is 14.4 Å². The fraction of sp³-hybridized carbons (Fsp3) is 0.500. The van der Waals surface area contributed by atoms with Gasteiger partial charge in [0.15, 0.2) is 0 Å². The van der Waals surface area contributed by atoms with E-state index in [-0.39, 0.29) is 17.4 Å². The van der Waals surface area contributed by atoms with Crippen molar-refractivity contribution in [1.82, 2.24) is 19.8 Å². The van der Waals surface area contributed by atoms with E-state index >= 15 is 0 Å². The molecule has 212 valence electrons. The predicted octanol–water partition coefficient (Wildman–Crippen LogP) is 4.51.